The highest BCUT2D eigenvalue weighted by Crippen LogP contribution is 2.25. The van der Waals surface area contributed by atoms with E-state index in [-0.39, 0.29) is 27.3 Å². The zero-order valence-electron chi connectivity index (χ0n) is 20.0. The predicted octanol–water partition coefficient (Wildman–Crippen LogP) is 2.47. The quantitative estimate of drug-likeness (QED) is 0.412. The second-order valence-corrected chi connectivity index (χ2v) is 13.5. The number of anilines is 1. The Kier molecular flexibility index (Phi) is 8.04. The molecule has 3 rings (SSSR count). The molecule has 10 nitrogen and oxygen atoms in total. The van der Waals surface area contributed by atoms with Crippen LogP contribution in [-0.2, 0) is 37.5 Å². The molecule has 0 aliphatic heterocycles. The Balaban J connectivity index is 1.66. The Morgan fingerprint density at radius 2 is 1.57 bits per heavy atom. The maximum absolute atomic E-state index is 12.7. The fourth-order valence-electron chi connectivity index (χ4n) is 2.95. The standard InChI is InChI=1S/C22H27N5O5S3/c1-15-6-10-18(11-7-15)34(29,30)14-20-24-25-22(27(20)5)33-16(2)21(28)23-17-8-12-19(13-9-17)35(31,32)26(3)4/h6-13,16H,14H2,1-5H3,(H,23,28). The zero-order valence-corrected chi connectivity index (χ0v) is 22.4. The summed E-state index contributed by atoms with van der Waals surface area (Å²) in [4.78, 5) is 13.0. The van der Waals surface area contributed by atoms with Gasteiger partial charge in [0.1, 0.15) is 11.6 Å². The summed E-state index contributed by atoms with van der Waals surface area (Å²) in [6, 6.07) is 12.5. The highest BCUT2D eigenvalue weighted by Gasteiger charge is 2.23. The van der Waals surface area contributed by atoms with E-state index in [0.29, 0.717) is 10.8 Å². The van der Waals surface area contributed by atoms with Gasteiger partial charge in [0.05, 0.1) is 15.0 Å². The average Bonchev–Trinajstić information content (AvgIpc) is 3.12. The molecule has 1 amide bonds. The Morgan fingerprint density at radius 1 is 1.00 bits per heavy atom. The molecule has 0 saturated carbocycles. The first-order valence-corrected chi connectivity index (χ1v) is 14.5. The molecule has 1 unspecified atom stereocenters. The number of thioether (sulfide) groups is 1. The third kappa shape index (κ3) is 6.28. The second kappa shape index (κ2) is 10.5. The van der Waals surface area contributed by atoms with Gasteiger partial charge < -0.3 is 9.88 Å². The minimum Gasteiger partial charge on any atom is -0.325 e. The van der Waals surface area contributed by atoms with Crippen molar-refractivity contribution in [2.24, 2.45) is 7.05 Å². The van der Waals surface area contributed by atoms with Gasteiger partial charge in [0.25, 0.3) is 0 Å². The van der Waals surface area contributed by atoms with Crippen LogP contribution < -0.4 is 5.32 Å². The van der Waals surface area contributed by atoms with E-state index in [4.69, 9.17) is 0 Å². The van der Waals surface area contributed by atoms with Gasteiger partial charge in [0.15, 0.2) is 15.0 Å². The van der Waals surface area contributed by atoms with Crippen LogP contribution in [-0.4, -0.2) is 61.2 Å². The lowest BCUT2D eigenvalue weighted by Crippen LogP contribution is -2.23. The molecule has 0 bridgehead atoms. The van der Waals surface area contributed by atoms with E-state index in [1.165, 1.54) is 38.4 Å². The molecule has 0 aliphatic carbocycles. The Hall–Kier alpha value is -2.74. The van der Waals surface area contributed by atoms with Crippen molar-refractivity contribution in [1.82, 2.24) is 19.1 Å². The second-order valence-electron chi connectivity index (χ2n) is 8.09. The number of carbonyl (C=O) groups excluding carboxylic acids is 1. The number of nitrogens with one attached hydrogen (secondary N) is 1. The number of rotatable bonds is 9. The Bertz CT molecular complexity index is 1420. The molecule has 0 fully saturated rings. The first-order valence-electron chi connectivity index (χ1n) is 10.5. The molecule has 1 heterocycles. The number of nitrogens with zero attached hydrogens (tertiary/aromatic N) is 4. The van der Waals surface area contributed by atoms with Crippen LogP contribution in [0.1, 0.15) is 18.3 Å². The van der Waals surface area contributed by atoms with Crippen LogP contribution in [0.2, 0.25) is 0 Å². The summed E-state index contributed by atoms with van der Waals surface area (Å²) in [5, 5.41) is 10.6. The van der Waals surface area contributed by atoms with Gasteiger partial charge in [-0.25, -0.2) is 21.1 Å². The molecule has 0 spiro atoms. The minimum absolute atomic E-state index is 0.120. The minimum atomic E-state index is -3.60. The summed E-state index contributed by atoms with van der Waals surface area (Å²) in [6.07, 6.45) is 0. The van der Waals surface area contributed by atoms with Crippen molar-refractivity contribution >= 4 is 43.2 Å². The first kappa shape index (κ1) is 26.9. The van der Waals surface area contributed by atoms with Crippen molar-refractivity contribution < 1.29 is 21.6 Å². The van der Waals surface area contributed by atoms with E-state index in [2.05, 4.69) is 15.5 Å². The van der Waals surface area contributed by atoms with Crippen LogP contribution in [0, 0.1) is 6.92 Å². The molecule has 1 atom stereocenters. The van der Waals surface area contributed by atoms with Gasteiger partial charge in [-0.15, -0.1) is 10.2 Å². The third-order valence-corrected chi connectivity index (χ3v) is 9.77. The monoisotopic (exact) mass is 537 g/mol. The smallest absolute Gasteiger partial charge is 0.242 e. The predicted molar refractivity (Wildman–Crippen MR) is 134 cm³/mol. The fraction of sp³-hybridized carbons (Fsp3) is 0.318. The summed E-state index contributed by atoms with van der Waals surface area (Å²) in [6.45, 7) is 3.56. The molecule has 3 aromatic rings. The summed E-state index contributed by atoms with van der Waals surface area (Å²) in [5.74, 6) is -0.378. The van der Waals surface area contributed by atoms with E-state index in [1.807, 2.05) is 6.92 Å². The fourth-order valence-corrected chi connectivity index (χ4v) is 5.99. The van der Waals surface area contributed by atoms with Crippen molar-refractivity contribution in [3.8, 4) is 0 Å². The van der Waals surface area contributed by atoms with E-state index < -0.39 is 25.1 Å². The average molecular weight is 538 g/mol. The number of sulfonamides is 1. The molecule has 0 aliphatic rings. The van der Waals surface area contributed by atoms with Crippen molar-refractivity contribution in [2.75, 3.05) is 19.4 Å². The maximum Gasteiger partial charge on any atom is 0.242 e. The lowest BCUT2D eigenvalue weighted by Gasteiger charge is -2.13. The highest BCUT2D eigenvalue weighted by molar-refractivity contribution is 8.00. The van der Waals surface area contributed by atoms with Gasteiger partial charge in [0.2, 0.25) is 15.9 Å². The third-order valence-electron chi connectivity index (χ3n) is 5.18. The van der Waals surface area contributed by atoms with Crippen molar-refractivity contribution in [2.45, 2.75) is 39.8 Å². The van der Waals surface area contributed by atoms with Gasteiger partial charge in [0, 0.05) is 26.8 Å². The van der Waals surface area contributed by atoms with Crippen LogP contribution in [0.15, 0.2) is 63.5 Å². The Morgan fingerprint density at radius 3 is 2.14 bits per heavy atom. The van der Waals surface area contributed by atoms with Gasteiger partial charge in [-0.3, -0.25) is 4.79 Å². The number of sulfone groups is 1. The first-order chi connectivity index (χ1) is 16.3. The Labute approximate surface area is 209 Å². The number of hydrogen-bond donors (Lipinski definition) is 1. The van der Waals surface area contributed by atoms with Crippen LogP contribution in [0.4, 0.5) is 5.69 Å². The molecule has 0 radical (unpaired) electrons. The largest absolute Gasteiger partial charge is 0.325 e. The molecule has 188 valence electrons. The van der Waals surface area contributed by atoms with Crippen molar-refractivity contribution in [1.29, 1.82) is 0 Å². The van der Waals surface area contributed by atoms with Gasteiger partial charge in [-0.2, -0.15) is 0 Å². The molecular formula is C22H27N5O5S3. The lowest BCUT2D eigenvalue weighted by atomic mass is 10.2. The van der Waals surface area contributed by atoms with E-state index >= 15 is 0 Å². The molecule has 13 heteroatoms. The summed E-state index contributed by atoms with van der Waals surface area (Å²) >= 11 is 1.13. The van der Waals surface area contributed by atoms with Gasteiger partial charge >= 0.3 is 0 Å². The van der Waals surface area contributed by atoms with Crippen molar-refractivity contribution in [3.05, 3.63) is 59.9 Å². The summed E-state index contributed by atoms with van der Waals surface area (Å²) < 4.78 is 52.5. The molecule has 0 saturated heterocycles. The van der Waals surface area contributed by atoms with E-state index in [0.717, 1.165) is 21.6 Å². The van der Waals surface area contributed by atoms with Crippen LogP contribution in [0.3, 0.4) is 0 Å². The number of aryl methyl sites for hydroxylation is 1. The molecular weight excluding hydrogens is 510 g/mol. The molecule has 35 heavy (non-hydrogen) atoms. The lowest BCUT2D eigenvalue weighted by molar-refractivity contribution is -0.115. The number of hydrogen-bond acceptors (Lipinski definition) is 8. The maximum atomic E-state index is 12.7. The number of carbonyl (C=O) groups is 1. The summed E-state index contributed by atoms with van der Waals surface area (Å²) in [5.41, 5.74) is 1.41. The highest BCUT2D eigenvalue weighted by atomic mass is 32.2. The number of amides is 1. The van der Waals surface area contributed by atoms with E-state index in [1.54, 1.807) is 42.8 Å². The SMILES string of the molecule is Cc1ccc(S(=O)(=O)Cc2nnc(SC(C)C(=O)Nc3ccc(S(=O)(=O)N(C)C)cc3)n2C)cc1. The number of benzene rings is 2. The summed E-state index contributed by atoms with van der Waals surface area (Å²) in [7, 11) is -2.62. The van der Waals surface area contributed by atoms with Gasteiger partial charge in [-0.05, 0) is 50.2 Å². The molecule has 1 aromatic heterocycles. The molecule has 1 N–H and O–H groups in total. The van der Waals surface area contributed by atoms with Gasteiger partial charge in [-0.1, -0.05) is 29.5 Å². The van der Waals surface area contributed by atoms with Crippen LogP contribution >= 0.6 is 11.8 Å². The zero-order chi connectivity index (χ0) is 26.0. The normalized spacial score (nSPS) is 13.1. The number of aromatic nitrogens is 3. The van der Waals surface area contributed by atoms with Crippen LogP contribution in [0.25, 0.3) is 0 Å². The van der Waals surface area contributed by atoms with Crippen LogP contribution in [0.5, 0.6) is 0 Å². The van der Waals surface area contributed by atoms with Crippen molar-refractivity contribution in [3.63, 3.8) is 0 Å². The van der Waals surface area contributed by atoms with E-state index in [9.17, 15) is 21.6 Å². The molecule has 2 aromatic carbocycles. The topological polar surface area (TPSA) is 131 Å².